The van der Waals surface area contributed by atoms with Crippen LogP contribution in [0.3, 0.4) is 0 Å². The Bertz CT molecular complexity index is 93.4. The van der Waals surface area contributed by atoms with Crippen molar-refractivity contribution < 1.29 is 0 Å². The van der Waals surface area contributed by atoms with Crippen LogP contribution in [0.4, 0.5) is 0 Å². The van der Waals surface area contributed by atoms with Crippen molar-refractivity contribution >= 4 is 0 Å². The topological polar surface area (TPSA) is 15.3 Å². The Labute approximate surface area is 63.6 Å². The standard InChI is InChI=1S/C8H18N2/c1-4-10-5-7(2)9-8(3)6-10/h7-9H,4-6H2,1-3H3/t7-,8+. The van der Waals surface area contributed by atoms with Crippen LogP contribution in [0.15, 0.2) is 0 Å². The zero-order valence-electron chi connectivity index (χ0n) is 7.22. The maximum atomic E-state index is 3.50. The molecule has 0 aliphatic carbocycles. The van der Waals surface area contributed by atoms with Crippen LogP contribution in [0.2, 0.25) is 0 Å². The molecule has 2 heteroatoms. The molecule has 10 heavy (non-hydrogen) atoms. The molecule has 0 aromatic rings. The van der Waals surface area contributed by atoms with E-state index >= 15 is 0 Å². The Morgan fingerprint density at radius 2 is 1.80 bits per heavy atom. The van der Waals surface area contributed by atoms with E-state index in [1.165, 1.54) is 19.6 Å². The molecule has 0 unspecified atom stereocenters. The van der Waals surface area contributed by atoms with Gasteiger partial charge < -0.3 is 10.2 Å². The molecule has 1 rings (SSSR count). The van der Waals surface area contributed by atoms with E-state index in [0.29, 0.717) is 12.1 Å². The minimum absolute atomic E-state index is 0.670. The van der Waals surface area contributed by atoms with Gasteiger partial charge in [0.1, 0.15) is 0 Å². The van der Waals surface area contributed by atoms with Gasteiger partial charge >= 0.3 is 0 Å². The fraction of sp³-hybridized carbons (Fsp3) is 1.00. The first-order chi connectivity index (χ1) is 4.72. The largest absolute Gasteiger partial charge is 0.309 e. The summed E-state index contributed by atoms with van der Waals surface area (Å²) in [5.74, 6) is 0. The van der Waals surface area contributed by atoms with E-state index < -0.39 is 0 Å². The summed E-state index contributed by atoms with van der Waals surface area (Å²) in [6, 6.07) is 1.34. The maximum absolute atomic E-state index is 3.50. The van der Waals surface area contributed by atoms with Crippen LogP contribution in [0.1, 0.15) is 20.8 Å². The van der Waals surface area contributed by atoms with Gasteiger partial charge in [0.25, 0.3) is 0 Å². The van der Waals surface area contributed by atoms with Gasteiger partial charge in [-0.05, 0) is 20.4 Å². The Hall–Kier alpha value is -0.0800. The van der Waals surface area contributed by atoms with Gasteiger partial charge in [-0.2, -0.15) is 0 Å². The second-order valence-corrected chi connectivity index (χ2v) is 3.32. The van der Waals surface area contributed by atoms with Crippen molar-refractivity contribution in [1.29, 1.82) is 0 Å². The van der Waals surface area contributed by atoms with E-state index in [-0.39, 0.29) is 0 Å². The first-order valence-corrected chi connectivity index (χ1v) is 4.20. The number of nitrogens with zero attached hydrogens (tertiary/aromatic N) is 1. The summed E-state index contributed by atoms with van der Waals surface area (Å²) in [4.78, 5) is 2.49. The van der Waals surface area contributed by atoms with Crippen molar-refractivity contribution in [2.45, 2.75) is 32.9 Å². The van der Waals surface area contributed by atoms with Crippen LogP contribution >= 0.6 is 0 Å². The number of nitrogens with one attached hydrogen (secondary N) is 1. The number of likely N-dealkylation sites (N-methyl/N-ethyl adjacent to an activating group) is 1. The molecule has 1 N–H and O–H groups in total. The number of hydrogen-bond acceptors (Lipinski definition) is 2. The molecule has 1 aliphatic heterocycles. The smallest absolute Gasteiger partial charge is 0.0169 e. The summed E-state index contributed by atoms with van der Waals surface area (Å²) >= 11 is 0. The molecule has 1 aliphatic rings. The molecule has 0 saturated carbocycles. The van der Waals surface area contributed by atoms with Gasteiger partial charge in [0.2, 0.25) is 0 Å². The van der Waals surface area contributed by atoms with E-state index in [1.807, 2.05) is 0 Å². The second-order valence-electron chi connectivity index (χ2n) is 3.32. The van der Waals surface area contributed by atoms with Crippen molar-refractivity contribution in [2.75, 3.05) is 19.6 Å². The molecule has 0 aromatic carbocycles. The monoisotopic (exact) mass is 142 g/mol. The molecular weight excluding hydrogens is 124 g/mol. The zero-order chi connectivity index (χ0) is 7.56. The molecular formula is C8H18N2. The molecule has 0 aromatic heterocycles. The van der Waals surface area contributed by atoms with Crippen LogP contribution in [0.5, 0.6) is 0 Å². The SMILES string of the molecule is CCN1C[C@@H](C)N[C@@H](C)C1. The Morgan fingerprint density at radius 3 is 2.20 bits per heavy atom. The number of hydrogen-bond donors (Lipinski definition) is 1. The number of rotatable bonds is 1. The van der Waals surface area contributed by atoms with E-state index in [4.69, 9.17) is 0 Å². The lowest BCUT2D eigenvalue weighted by Crippen LogP contribution is -2.53. The van der Waals surface area contributed by atoms with E-state index in [2.05, 4.69) is 31.0 Å². The van der Waals surface area contributed by atoms with Gasteiger partial charge in [-0.1, -0.05) is 6.92 Å². The van der Waals surface area contributed by atoms with E-state index in [9.17, 15) is 0 Å². The summed E-state index contributed by atoms with van der Waals surface area (Å²) in [6.45, 7) is 10.3. The fourth-order valence-corrected chi connectivity index (χ4v) is 1.70. The highest BCUT2D eigenvalue weighted by Crippen LogP contribution is 2.02. The lowest BCUT2D eigenvalue weighted by atomic mass is 10.1. The van der Waals surface area contributed by atoms with Crippen molar-refractivity contribution in [1.82, 2.24) is 10.2 Å². The van der Waals surface area contributed by atoms with Gasteiger partial charge in [0.05, 0.1) is 0 Å². The lowest BCUT2D eigenvalue weighted by Gasteiger charge is -2.35. The average molecular weight is 142 g/mol. The number of piperazine rings is 1. The van der Waals surface area contributed by atoms with Crippen LogP contribution in [0, 0.1) is 0 Å². The third-order valence-electron chi connectivity index (χ3n) is 2.08. The van der Waals surface area contributed by atoms with Crippen molar-refractivity contribution in [3.8, 4) is 0 Å². The van der Waals surface area contributed by atoms with Crippen molar-refractivity contribution in [3.05, 3.63) is 0 Å². The van der Waals surface area contributed by atoms with E-state index in [1.54, 1.807) is 0 Å². The Balaban J connectivity index is 2.35. The van der Waals surface area contributed by atoms with Crippen molar-refractivity contribution in [2.24, 2.45) is 0 Å². The average Bonchev–Trinajstić information content (AvgIpc) is 1.85. The summed E-state index contributed by atoms with van der Waals surface area (Å²) in [5, 5.41) is 3.50. The molecule has 2 nitrogen and oxygen atoms in total. The van der Waals surface area contributed by atoms with Gasteiger partial charge in [-0.15, -0.1) is 0 Å². The van der Waals surface area contributed by atoms with Crippen LogP contribution in [-0.2, 0) is 0 Å². The molecule has 1 fully saturated rings. The molecule has 0 spiro atoms. The predicted octanol–water partition coefficient (Wildman–Crippen LogP) is 0.689. The van der Waals surface area contributed by atoms with Gasteiger partial charge in [-0.3, -0.25) is 0 Å². The molecule has 0 bridgehead atoms. The summed E-state index contributed by atoms with van der Waals surface area (Å²) < 4.78 is 0. The normalized spacial score (nSPS) is 36.3. The third kappa shape index (κ3) is 1.96. The van der Waals surface area contributed by atoms with Gasteiger partial charge in [0, 0.05) is 25.2 Å². The van der Waals surface area contributed by atoms with Crippen LogP contribution in [0.25, 0.3) is 0 Å². The van der Waals surface area contributed by atoms with Crippen molar-refractivity contribution in [3.63, 3.8) is 0 Å². The van der Waals surface area contributed by atoms with Gasteiger partial charge in [-0.25, -0.2) is 0 Å². The maximum Gasteiger partial charge on any atom is 0.0169 e. The predicted molar refractivity (Wildman–Crippen MR) is 44.2 cm³/mol. The minimum Gasteiger partial charge on any atom is -0.309 e. The molecule has 60 valence electrons. The Kier molecular flexibility index (Phi) is 2.69. The van der Waals surface area contributed by atoms with Crippen LogP contribution < -0.4 is 5.32 Å². The Morgan fingerprint density at radius 1 is 1.30 bits per heavy atom. The first-order valence-electron chi connectivity index (χ1n) is 4.20. The summed E-state index contributed by atoms with van der Waals surface area (Å²) in [7, 11) is 0. The lowest BCUT2D eigenvalue weighted by molar-refractivity contribution is 0.181. The van der Waals surface area contributed by atoms with Crippen LogP contribution in [-0.4, -0.2) is 36.6 Å². The highest BCUT2D eigenvalue weighted by Gasteiger charge is 2.18. The highest BCUT2D eigenvalue weighted by atomic mass is 15.2. The molecule has 1 heterocycles. The highest BCUT2D eigenvalue weighted by molar-refractivity contribution is 4.79. The molecule has 2 atom stereocenters. The quantitative estimate of drug-likeness (QED) is 0.579. The van der Waals surface area contributed by atoms with Gasteiger partial charge in [0.15, 0.2) is 0 Å². The second kappa shape index (κ2) is 3.35. The molecule has 0 amide bonds. The third-order valence-corrected chi connectivity index (χ3v) is 2.08. The molecule has 0 radical (unpaired) electrons. The van der Waals surface area contributed by atoms with E-state index in [0.717, 1.165) is 0 Å². The summed E-state index contributed by atoms with van der Waals surface area (Å²) in [6.07, 6.45) is 0. The minimum atomic E-state index is 0.670. The fourth-order valence-electron chi connectivity index (χ4n) is 1.70. The molecule has 1 saturated heterocycles. The summed E-state index contributed by atoms with van der Waals surface area (Å²) in [5.41, 5.74) is 0. The zero-order valence-corrected chi connectivity index (χ0v) is 7.22. The first kappa shape index (κ1) is 8.02.